The van der Waals surface area contributed by atoms with Gasteiger partial charge < -0.3 is 14.4 Å². The summed E-state index contributed by atoms with van der Waals surface area (Å²) in [5.74, 6) is -0.223. The van der Waals surface area contributed by atoms with Crippen molar-refractivity contribution in [2.24, 2.45) is 0 Å². The Balaban J connectivity index is 2.28. The summed E-state index contributed by atoms with van der Waals surface area (Å²) >= 11 is 0. The second kappa shape index (κ2) is 6.29. The molecular weight excluding hydrogens is 260 g/mol. The van der Waals surface area contributed by atoms with Crippen molar-refractivity contribution in [1.29, 1.82) is 0 Å². The zero-order valence-electron chi connectivity index (χ0n) is 11.4. The minimum Gasteiger partial charge on any atom is -0.478 e. The maximum absolute atomic E-state index is 10.9. The summed E-state index contributed by atoms with van der Waals surface area (Å²) < 4.78 is 10.7. The Morgan fingerprint density at radius 3 is 2.90 bits per heavy atom. The molecule has 0 spiro atoms. The van der Waals surface area contributed by atoms with E-state index in [4.69, 9.17) is 14.4 Å². The molecule has 1 aromatic heterocycles. The van der Waals surface area contributed by atoms with Crippen LogP contribution in [0.1, 0.15) is 42.6 Å². The maximum atomic E-state index is 10.9. The molecule has 1 aromatic carbocycles. The van der Waals surface area contributed by atoms with Crippen LogP contribution in [0.2, 0.25) is 0 Å². The lowest BCUT2D eigenvalue weighted by molar-refractivity contribution is 0.0518. The lowest BCUT2D eigenvalue weighted by Crippen LogP contribution is -2.04. The van der Waals surface area contributed by atoms with E-state index in [0.717, 1.165) is 6.42 Å². The minimum absolute atomic E-state index is 0.180. The summed E-state index contributed by atoms with van der Waals surface area (Å²) in [6.45, 7) is 4.44. The van der Waals surface area contributed by atoms with E-state index in [-0.39, 0.29) is 11.7 Å². The molecule has 0 aliphatic rings. The molecule has 0 radical (unpaired) electrons. The average molecular weight is 276 g/mol. The Morgan fingerprint density at radius 2 is 2.25 bits per heavy atom. The van der Waals surface area contributed by atoms with Gasteiger partial charge in [-0.1, -0.05) is 18.1 Å². The number of hydrogen-bond acceptors (Lipinski definition) is 5. The fraction of sp³-hybridized carbons (Fsp3) is 0.357. The highest BCUT2D eigenvalue weighted by Crippen LogP contribution is 2.23. The SMILES string of the molecule is CCOC(CC)c1noc(-c2cccc(C(=O)O)c2)n1. The molecule has 0 fully saturated rings. The molecule has 6 nitrogen and oxygen atoms in total. The molecule has 2 aromatic rings. The van der Waals surface area contributed by atoms with Gasteiger partial charge in [-0.3, -0.25) is 0 Å². The van der Waals surface area contributed by atoms with Crippen molar-refractivity contribution in [2.75, 3.05) is 6.61 Å². The molecular formula is C14H16N2O4. The summed E-state index contributed by atoms with van der Waals surface area (Å²) in [4.78, 5) is 15.2. The largest absolute Gasteiger partial charge is 0.478 e. The average Bonchev–Trinajstić information content (AvgIpc) is 2.94. The van der Waals surface area contributed by atoms with E-state index in [1.165, 1.54) is 12.1 Å². The highest BCUT2D eigenvalue weighted by Gasteiger charge is 2.18. The zero-order valence-corrected chi connectivity index (χ0v) is 11.4. The summed E-state index contributed by atoms with van der Waals surface area (Å²) in [6.07, 6.45) is 0.530. The molecule has 1 heterocycles. The van der Waals surface area contributed by atoms with Crippen LogP contribution >= 0.6 is 0 Å². The van der Waals surface area contributed by atoms with Crippen LogP contribution in [0, 0.1) is 0 Å². The van der Waals surface area contributed by atoms with Crippen LogP contribution < -0.4 is 0 Å². The fourth-order valence-electron chi connectivity index (χ4n) is 1.84. The molecule has 1 N–H and O–H groups in total. The second-order valence-corrected chi connectivity index (χ2v) is 4.20. The highest BCUT2D eigenvalue weighted by molar-refractivity contribution is 5.88. The van der Waals surface area contributed by atoms with E-state index >= 15 is 0 Å². The van der Waals surface area contributed by atoms with Crippen molar-refractivity contribution in [3.63, 3.8) is 0 Å². The number of aromatic carboxylic acids is 1. The molecule has 20 heavy (non-hydrogen) atoms. The van der Waals surface area contributed by atoms with E-state index in [1.807, 2.05) is 13.8 Å². The van der Waals surface area contributed by atoms with Gasteiger partial charge in [-0.15, -0.1) is 0 Å². The molecule has 6 heteroatoms. The monoisotopic (exact) mass is 276 g/mol. The first-order valence-corrected chi connectivity index (χ1v) is 6.44. The van der Waals surface area contributed by atoms with Gasteiger partial charge in [0.25, 0.3) is 5.89 Å². The number of rotatable bonds is 6. The van der Waals surface area contributed by atoms with Gasteiger partial charge in [0, 0.05) is 12.2 Å². The first kappa shape index (κ1) is 14.2. The van der Waals surface area contributed by atoms with Crippen molar-refractivity contribution < 1.29 is 19.2 Å². The summed E-state index contributed by atoms with van der Waals surface area (Å²) in [6, 6.07) is 6.38. The zero-order chi connectivity index (χ0) is 14.5. The van der Waals surface area contributed by atoms with Gasteiger partial charge in [-0.25, -0.2) is 4.79 Å². The van der Waals surface area contributed by atoms with Crippen LogP contribution in [0.15, 0.2) is 28.8 Å². The number of nitrogens with zero attached hydrogens (tertiary/aromatic N) is 2. The van der Waals surface area contributed by atoms with Crippen molar-refractivity contribution in [1.82, 2.24) is 10.1 Å². The fourth-order valence-corrected chi connectivity index (χ4v) is 1.84. The Morgan fingerprint density at radius 1 is 1.45 bits per heavy atom. The van der Waals surface area contributed by atoms with Gasteiger partial charge in [0.15, 0.2) is 0 Å². The van der Waals surface area contributed by atoms with E-state index in [0.29, 0.717) is 23.9 Å². The van der Waals surface area contributed by atoms with E-state index in [2.05, 4.69) is 10.1 Å². The number of aromatic nitrogens is 2. The van der Waals surface area contributed by atoms with Gasteiger partial charge in [0.05, 0.1) is 5.56 Å². The van der Waals surface area contributed by atoms with Crippen LogP contribution in [0.4, 0.5) is 0 Å². The van der Waals surface area contributed by atoms with Crippen LogP contribution in [-0.2, 0) is 4.74 Å². The van der Waals surface area contributed by atoms with E-state index in [9.17, 15) is 4.79 Å². The summed E-state index contributed by atoms with van der Waals surface area (Å²) in [5.41, 5.74) is 0.758. The van der Waals surface area contributed by atoms with E-state index in [1.54, 1.807) is 12.1 Å². The molecule has 0 amide bonds. The van der Waals surface area contributed by atoms with Crippen LogP contribution in [-0.4, -0.2) is 27.8 Å². The number of carbonyl (C=O) groups is 1. The number of carboxylic acid groups (broad SMARTS) is 1. The molecule has 2 rings (SSSR count). The van der Waals surface area contributed by atoms with Gasteiger partial charge in [0.2, 0.25) is 5.82 Å². The van der Waals surface area contributed by atoms with Gasteiger partial charge in [-0.05, 0) is 31.5 Å². The maximum Gasteiger partial charge on any atom is 0.335 e. The highest BCUT2D eigenvalue weighted by atomic mass is 16.5. The smallest absolute Gasteiger partial charge is 0.335 e. The van der Waals surface area contributed by atoms with Gasteiger partial charge in [-0.2, -0.15) is 4.98 Å². The predicted octanol–water partition coefficient (Wildman–Crippen LogP) is 2.92. The molecule has 1 atom stereocenters. The standard InChI is InChI=1S/C14H16N2O4/c1-3-11(19-4-2)12-15-13(20-16-12)9-6-5-7-10(8-9)14(17)18/h5-8,11H,3-4H2,1-2H3,(H,17,18). The third-order valence-corrected chi connectivity index (χ3v) is 2.82. The number of carboxylic acids is 1. The number of benzene rings is 1. The second-order valence-electron chi connectivity index (χ2n) is 4.20. The summed E-state index contributed by atoms with van der Waals surface area (Å²) in [5, 5.41) is 12.9. The molecule has 0 bridgehead atoms. The normalized spacial score (nSPS) is 12.3. The molecule has 0 saturated carbocycles. The third-order valence-electron chi connectivity index (χ3n) is 2.82. The Hall–Kier alpha value is -2.21. The quantitative estimate of drug-likeness (QED) is 0.873. The summed E-state index contributed by atoms with van der Waals surface area (Å²) in [7, 11) is 0. The van der Waals surface area contributed by atoms with Crippen molar-refractivity contribution in [3.8, 4) is 11.5 Å². The number of hydrogen-bond donors (Lipinski definition) is 1. The van der Waals surface area contributed by atoms with Gasteiger partial charge in [0.1, 0.15) is 6.10 Å². The molecule has 0 saturated heterocycles. The number of ether oxygens (including phenoxy) is 1. The first-order valence-electron chi connectivity index (χ1n) is 6.44. The van der Waals surface area contributed by atoms with Crippen molar-refractivity contribution in [2.45, 2.75) is 26.4 Å². The molecule has 0 aliphatic heterocycles. The lowest BCUT2D eigenvalue weighted by atomic mass is 10.1. The Kier molecular flexibility index (Phi) is 4.47. The first-order chi connectivity index (χ1) is 9.65. The van der Waals surface area contributed by atoms with Crippen LogP contribution in [0.25, 0.3) is 11.5 Å². The Bertz CT molecular complexity index is 594. The van der Waals surface area contributed by atoms with Crippen LogP contribution in [0.5, 0.6) is 0 Å². The molecule has 0 aliphatic carbocycles. The molecule has 1 unspecified atom stereocenters. The Labute approximate surface area is 116 Å². The van der Waals surface area contributed by atoms with Crippen molar-refractivity contribution in [3.05, 3.63) is 35.7 Å². The molecule has 106 valence electrons. The van der Waals surface area contributed by atoms with Crippen molar-refractivity contribution >= 4 is 5.97 Å². The minimum atomic E-state index is -0.993. The van der Waals surface area contributed by atoms with Crippen LogP contribution in [0.3, 0.4) is 0 Å². The predicted molar refractivity (Wildman–Crippen MR) is 71.4 cm³/mol. The van der Waals surface area contributed by atoms with Gasteiger partial charge >= 0.3 is 5.97 Å². The van der Waals surface area contributed by atoms with E-state index < -0.39 is 5.97 Å². The topological polar surface area (TPSA) is 85.5 Å². The lowest BCUT2D eigenvalue weighted by Gasteiger charge is -2.09. The third kappa shape index (κ3) is 3.03.